The van der Waals surface area contributed by atoms with Crippen molar-refractivity contribution in [2.75, 3.05) is 32.8 Å². The number of hydrogen-bond donors (Lipinski definition) is 3. The van der Waals surface area contributed by atoms with Crippen molar-refractivity contribution in [1.29, 1.82) is 0 Å². The second kappa shape index (κ2) is 7.79. The standard InChI is InChI=1S/C12H19BrN2O2/c13-11-3-1-10(2-4-11)12(9-14)15(5-7-16)6-8-17/h1-4,12,16-17H,5-9,14H2. The third-order valence-corrected chi connectivity index (χ3v) is 3.22. The minimum absolute atomic E-state index is 0.0300. The van der Waals surface area contributed by atoms with Crippen molar-refractivity contribution in [3.05, 3.63) is 34.3 Å². The summed E-state index contributed by atoms with van der Waals surface area (Å²) in [5, 5.41) is 18.1. The molecule has 0 spiro atoms. The molecule has 0 aliphatic rings. The van der Waals surface area contributed by atoms with Gasteiger partial charge in [-0.15, -0.1) is 0 Å². The van der Waals surface area contributed by atoms with Crippen molar-refractivity contribution >= 4 is 15.9 Å². The molecule has 0 radical (unpaired) electrons. The van der Waals surface area contributed by atoms with Crippen LogP contribution in [0.4, 0.5) is 0 Å². The highest BCUT2D eigenvalue weighted by Crippen LogP contribution is 2.21. The lowest BCUT2D eigenvalue weighted by Crippen LogP contribution is -2.37. The molecule has 5 heteroatoms. The molecule has 0 saturated heterocycles. The zero-order valence-electron chi connectivity index (χ0n) is 9.72. The van der Waals surface area contributed by atoms with Gasteiger partial charge in [0.25, 0.3) is 0 Å². The summed E-state index contributed by atoms with van der Waals surface area (Å²) < 4.78 is 1.02. The maximum absolute atomic E-state index is 9.03. The molecule has 0 heterocycles. The van der Waals surface area contributed by atoms with Crippen molar-refractivity contribution in [2.24, 2.45) is 5.73 Å². The van der Waals surface area contributed by atoms with E-state index in [2.05, 4.69) is 15.9 Å². The van der Waals surface area contributed by atoms with Crippen LogP contribution in [-0.2, 0) is 0 Å². The highest BCUT2D eigenvalue weighted by molar-refractivity contribution is 9.10. The molecule has 1 aromatic carbocycles. The summed E-state index contributed by atoms with van der Waals surface area (Å²) in [5.74, 6) is 0. The van der Waals surface area contributed by atoms with Gasteiger partial charge in [-0.05, 0) is 17.7 Å². The number of halogens is 1. The second-order valence-electron chi connectivity index (χ2n) is 3.79. The predicted octanol–water partition coefficient (Wildman–Crippen LogP) is 0.735. The minimum atomic E-state index is 0.0300. The Morgan fingerprint density at radius 2 is 1.65 bits per heavy atom. The van der Waals surface area contributed by atoms with E-state index in [1.165, 1.54) is 0 Å². The average molecular weight is 303 g/mol. The van der Waals surface area contributed by atoms with E-state index in [9.17, 15) is 0 Å². The molecule has 0 aliphatic heterocycles. The normalized spacial score (nSPS) is 13.0. The number of aliphatic hydroxyl groups is 2. The van der Waals surface area contributed by atoms with Crippen molar-refractivity contribution < 1.29 is 10.2 Å². The lowest BCUT2D eigenvalue weighted by Gasteiger charge is -2.30. The Balaban J connectivity index is 2.83. The fourth-order valence-electron chi connectivity index (χ4n) is 1.86. The average Bonchev–Trinajstić information content (AvgIpc) is 2.33. The third kappa shape index (κ3) is 4.37. The molecule has 17 heavy (non-hydrogen) atoms. The first-order valence-corrected chi connectivity index (χ1v) is 6.43. The van der Waals surface area contributed by atoms with Crippen LogP contribution >= 0.6 is 15.9 Å². The van der Waals surface area contributed by atoms with Gasteiger partial charge in [0.05, 0.1) is 13.2 Å². The van der Waals surface area contributed by atoms with E-state index in [-0.39, 0.29) is 19.3 Å². The van der Waals surface area contributed by atoms with E-state index in [1.807, 2.05) is 29.2 Å². The number of aliphatic hydroxyl groups excluding tert-OH is 2. The van der Waals surface area contributed by atoms with Gasteiger partial charge >= 0.3 is 0 Å². The Morgan fingerprint density at radius 1 is 1.12 bits per heavy atom. The summed E-state index contributed by atoms with van der Waals surface area (Å²) >= 11 is 3.39. The zero-order valence-corrected chi connectivity index (χ0v) is 11.3. The van der Waals surface area contributed by atoms with Crippen LogP contribution in [-0.4, -0.2) is 48.0 Å². The van der Waals surface area contributed by atoms with Crippen molar-refractivity contribution in [3.63, 3.8) is 0 Å². The van der Waals surface area contributed by atoms with Crippen LogP contribution in [0.5, 0.6) is 0 Å². The van der Waals surface area contributed by atoms with Crippen molar-refractivity contribution in [3.8, 4) is 0 Å². The van der Waals surface area contributed by atoms with Gasteiger partial charge in [-0.2, -0.15) is 0 Å². The SMILES string of the molecule is NCC(c1ccc(Br)cc1)N(CCO)CCO. The Hall–Kier alpha value is -0.460. The van der Waals surface area contributed by atoms with Crippen LogP contribution < -0.4 is 5.73 Å². The molecule has 1 rings (SSSR count). The predicted molar refractivity (Wildman–Crippen MR) is 71.7 cm³/mol. The molecule has 4 nitrogen and oxygen atoms in total. The number of nitrogens with two attached hydrogens (primary N) is 1. The summed E-state index contributed by atoms with van der Waals surface area (Å²) in [4.78, 5) is 1.99. The summed E-state index contributed by atoms with van der Waals surface area (Å²) in [6.07, 6.45) is 0. The van der Waals surface area contributed by atoms with Gasteiger partial charge in [-0.3, -0.25) is 4.90 Å². The van der Waals surface area contributed by atoms with Gasteiger partial charge in [0, 0.05) is 30.1 Å². The number of rotatable bonds is 7. The van der Waals surface area contributed by atoms with Crippen LogP contribution in [0.25, 0.3) is 0 Å². The molecule has 4 N–H and O–H groups in total. The van der Waals surface area contributed by atoms with E-state index in [1.54, 1.807) is 0 Å². The first kappa shape index (κ1) is 14.6. The first-order valence-electron chi connectivity index (χ1n) is 5.64. The van der Waals surface area contributed by atoms with Crippen LogP contribution in [0.1, 0.15) is 11.6 Å². The van der Waals surface area contributed by atoms with Gasteiger partial charge in [0.15, 0.2) is 0 Å². The van der Waals surface area contributed by atoms with Crippen molar-refractivity contribution in [2.45, 2.75) is 6.04 Å². The van der Waals surface area contributed by atoms with E-state index >= 15 is 0 Å². The molecule has 0 fully saturated rings. The topological polar surface area (TPSA) is 69.7 Å². The molecule has 96 valence electrons. The largest absolute Gasteiger partial charge is 0.395 e. The fraction of sp³-hybridized carbons (Fsp3) is 0.500. The quantitative estimate of drug-likeness (QED) is 0.695. The van der Waals surface area contributed by atoms with Gasteiger partial charge in [-0.25, -0.2) is 0 Å². The Kier molecular flexibility index (Phi) is 6.69. The first-order chi connectivity index (χ1) is 8.22. The third-order valence-electron chi connectivity index (χ3n) is 2.69. The Bertz CT molecular complexity index is 313. The molecule has 0 amide bonds. The van der Waals surface area contributed by atoms with E-state index in [0.29, 0.717) is 19.6 Å². The van der Waals surface area contributed by atoms with Crippen LogP contribution in [0.2, 0.25) is 0 Å². The fourth-order valence-corrected chi connectivity index (χ4v) is 2.13. The maximum atomic E-state index is 9.03. The summed E-state index contributed by atoms with van der Waals surface area (Å²) in [5.41, 5.74) is 6.88. The monoisotopic (exact) mass is 302 g/mol. The maximum Gasteiger partial charge on any atom is 0.0558 e. The van der Waals surface area contributed by atoms with Gasteiger partial charge in [0.1, 0.15) is 0 Å². The highest BCUT2D eigenvalue weighted by Gasteiger charge is 2.17. The second-order valence-corrected chi connectivity index (χ2v) is 4.70. The molecule has 1 atom stereocenters. The zero-order chi connectivity index (χ0) is 12.7. The van der Waals surface area contributed by atoms with Gasteiger partial charge < -0.3 is 15.9 Å². The number of hydrogen-bond acceptors (Lipinski definition) is 4. The minimum Gasteiger partial charge on any atom is -0.395 e. The van der Waals surface area contributed by atoms with Gasteiger partial charge in [-0.1, -0.05) is 28.1 Å². The molecule has 0 bridgehead atoms. The molecule has 1 unspecified atom stereocenters. The smallest absolute Gasteiger partial charge is 0.0558 e. The lowest BCUT2D eigenvalue weighted by molar-refractivity contribution is 0.124. The molecule has 0 aromatic heterocycles. The highest BCUT2D eigenvalue weighted by atomic mass is 79.9. The summed E-state index contributed by atoms with van der Waals surface area (Å²) in [6, 6.07) is 7.97. The Morgan fingerprint density at radius 3 is 2.06 bits per heavy atom. The van der Waals surface area contributed by atoms with Crippen LogP contribution in [0, 0.1) is 0 Å². The van der Waals surface area contributed by atoms with E-state index in [0.717, 1.165) is 10.0 Å². The Labute approximate surface area is 110 Å². The molecule has 1 aromatic rings. The molecular weight excluding hydrogens is 284 g/mol. The van der Waals surface area contributed by atoms with Crippen LogP contribution in [0.15, 0.2) is 28.7 Å². The molecule has 0 aliphatic carbocycles. The summed E-state index contributed by atoms with van der Waals surface area (Å²) in [7, 11) is 0. The molecule has 0 saturated carbocycles. The number of benzene rings is 1. The lowest BCUT2D eigenvalue weighted by atomic mass is 10.1. The van der Waals surface area contributed by atoms with Crippen LogP contribution in [0.3, 0.4) is 0 Å². The van der Waals surface area contributed by atoms with E-state index in [4.69, 9.17) is 15.9 Å². The molecular formula is C12H19BrN2O2. The number of nitrogens with zero attached hydrogens (tertiary/aromatic N) is 1. The van der Waals surface area contributed by atoms with Crippen molar-refractivity contribution in [1.82, 2.24) is 4.90 Å². The van der Waals surface area contributed by atoms with E-state index < -0.39 is 0 Å². The van der Waals surface area contributed by atoms with Gasteiger partial charge in [0.2, 0.25) is 0 Å². The summed E-state index contributed by atoms with van der Waals surface area (Å²) in [6.45, 7) is 1.61.